The molecule has 5 aromatic carbocycles. The van der Waals surface area contributed by atoms with Crippen LogP contribution in [-0.4, -0.2) is 147 Å². The highest BCUT2D eigenvalue weighted by atomic mass is 32.1. The van der Waals surface area contributed by atoms with Crippen molar-refractivity contribution in [3.8, 4) is 0 Å². The second-order valence-corrected chi connectivity index (χ2v) is 21.8. The van der Waals surface area contributed by atoms with Crippen LogP contribution in [-0.2, 0) is 75.3 Å². The third-order valence-corrected chi connectivity index (χ3v) is 15.2. The molecule has 2 aromatic heterocycles. The summed E-state index contributed by atoms with van der Waals surface area (Å²) in [6, 6.07) is 30.1. The first-order valence-electron chi connectivity index (χ1n) is 29.0. The molecule has 8 amide bonds. The first kappa shape index (κ1) is 66.2. The van der Waals surface area contributed by atoms with Gasteiger partial charge < -0.3 is 74.2 Å². The summed E-state index contributed by atoms with van der Waals surface area (Å²) in [6.07, 6.45) is 2.24. The van der Waals surface area contributed by atoms with Crippen LogP contribution in [0.3, 0.4) is 0 Å². The van der Waals surface area contributed by atoms with Gasteiger partial charge in [0.1, 0.15) is 48.8 Å². The van der Waals surface area contributed by atoms with Gasteiger partial charge in [-0.05, 0) is 79.1 Å². The SMILES string of the molecule is C[C@@H](O)[C@H](NC(=O)[C@H](CCCCN)NC(=O)[C@@H](Cc1c[nH]c2ccccc12)NC(=O)[C@H](Cc1c[nH]c2ccccc12)NC(=O)[C@H](Cc1ccccc1)NC(=O)[C@H](CS)NC(=O)[C@H](N)Cc1ccccc1)C(=O)N[C@@H](Cc1ccccc1)C(=O)NCC(=O)O. The molecule has 0 bridgehead atoms. The number of nitrogens with one attached hydrogen (secondary N) is 10. The van der Waals surface area contributed by atoms with E-state index in [-0.39, 0.29) is 50.8 Å². The zero-order chi connectivity index (χ0) is 63.1. The number of aliphatic carboxylic acids is 1. The average molecular weight is 1220 g/mol. The number of carbonyl (C=O) groups excluding carboxylic acids is 8. The minimum atomic E-state index is -1.70. The van der Waals surface area contributed by atoms with Gasteiger partial charge in [0.05, 0.1) is 12.1 Å². The number of unbranched alkanes of at least 4 members (excludes halogenated alkanes) is 1. The number of amides is 8. The molecule has 0 radical (unpaired) electrons. The molecule has 24 heteroatoms. The lowest BCUT2D eigenvalue weighted by Gasteiger charge is -2.28. The molecule has 0 fully saturated rings. The first-order chi connectivity index (χ1) is 42.4. The first-order valence-corrected chi connectivity index (χ1v) is 29.6. The van der Waals surface area contributed by atoms with Gasteiger partial charge in [-0.1, -0.05) is 127 Å². The summed E-state index contributed by atoms with van der Waals surface area (Å²) in [5.74, 6) is -8.08. The van der Waals surface area contributed by atoms with E-state index in [1.807, 2.05) is 72.8 Å². The predicted molar refractivity (Wildman–Crippen MR) is 335 cm³/mol. The second kappa shape index (κ2) is 33.0. The van der Waals surface area contributed by atoms with Gasteiger partial charge in [-0.15, -0.1) is 0 Å². The number of H-pyrrole nitrogens is 2. The fourth-order valence-electron chi connectivity index (χ4n) is 10.1. The van der Waals surface area contributed by atoms with Crippen LogP contribution >= 0.6 is 12.6 Å². The van der Waals surface area contributed by atoms with Gasteiger partial charge in [0.25, 0.3) is 0 Å². The van der Waals surface area contributed by atoms with Gasteiger partial charge in [0.2, 0.25) is 47.3 Å². The number of aliphatic hydroxyl groups excluding tert-OH is 1. The average Bonchev–Trinajstić information content (AvgIpc) is 3.92. The molecule has 464 valence electrons. The van der Waals surface area contributed by atoms with E-state index in [4.69, 9.17) is 11.5 Å². The van der Waals surface area contributed by atoms with E-state index in [0.717, 1.165) is 27.4 Å². The lowest BCUT2D eigenvalue weighted by atomic mass is 10.00. The van der Waals surface area contributed by atoms with Crippen LogP contribution in [0, 0.1) is 0 Å². The lowest BCUT2D eigenvalue weighted by Crippen LogP contribution is -2.62. The van der Waals surface area contributed by atoms with Gasteiger partial charge in [0.15, 0.2) is 0 Å². The molecule has 0 aliphatic carbocycles. The van der Waals surface area contributed by atoms with Crippen molar-refractivity contribution in [2.24, 2.45) is 11.5 Å². The molecule has 16 N–H and O–H groups in total. The summed E-state index contributed by atoms with van der Waals surface area (Å²) in [7, 11) is 0. The number of aliphatic hydroxyl groups is 1. The number of para-hydroxylation sites is 2. The Bertz CT molecular complexity index is 3490. The Labute approximate surface area is 514 Å². The minimum Gasteiger partial charge on any atom is -0.480 e. The summed E-state index contributed by atoms with van der Waals surface area (Å²) < 4.78 is 0. The molecule has 7 rings (SSSR count). The van der Waals surface area contributed by atoms with Crippen LogP contribution in [0.25, 0.3) is 21.8 Å². The molecule has 0 saturated carbocycles. The second-order valence-electron chi connectivity index (χ2n) is 21.5. The number of aromatic amines is 2. The fraction of sp³-hybridized carbons (Fsp3) is 0.328. The number of carboxylic acid groups (broad SMARTS) is 1. The highest BCUT2D eigenvalue weighted by Gasteiger charge is 2.36. The van der Waals surface area contributed by atoms with Gasteiger partial charge in [-0.2, -0.15) is 12.6 Å². The number of carbonyl (C=O) groups is 9. The molecule has 2 heterocycles. The molecule has 0 aliphatic rings. The molecular formula is C64H76N12O11S. The molecule has 23 nitrogen and oxygen atoms in total. The number of thiol groups is 1. The highest BCUT2D eigenvalue weighted by molar-refractivity contribution is 7.80. The maximum absolute atomic E-state index is 15.3. The quantitative estimate of drug-likeness (QED) is 0.0205. The maximum atomic E-state index is 15.3. The third-order valence-electron chi connectivity index (χ3n) is 14.8. The summed E-state index contributed by atoms with van der Waals surface area (Å²) >= 11 is 4.37. The number of fused-ring (bicyclic) bond motifs is 2. The number of nitrogens with two attached hydrogens (primary N) is 2. The summed E-state index contributed by atoms with van der Waals surface area (Å²) in [4.78, 5) is 132. The van der Waals surface area contributed by atoms with Crippen LogP contribution in [0.4, 0.5) is 0 Å². The van der Waals surface area contributed by atoms with Crippen LogP contribution in [0.1, 0.15) is 54.0 Å². The molecular weight excluding hydrogens is 1140 g/mol. The smallest absolute Gasteiger partial charge is 0.322 e. The fourth-order valence-corrected chi connectivity index (χ4v) is 10.3. The largest absolute Gasteiger partial charge is 0.480 e. The third kappa shape index (κ3) is 19.3. The van der Waals surface area contributed by atoms with Crippen molar-refractivity contribution in [2.45, 2.75) is 113 Å². The van der Waals surface area contributed by atoms with Crippen LogP contribution in [0.2, 0.25) is 0 Å². The molecule has 0 spiro atoms. The maximum Gasteiger partial charge on any atom is 0.322 e. The van der Waals surface area contributed by atoms with E-state index in [0.29, 0.717) is 35.1 Å². The van der Waals surface area contributed by atoms with Gasteiger partial charge >= 0.3 is 5.97 Å². The summed E-state index contributed by atoms with van der Waals surface area (Å²) in [5.41, 5.74) is 16.9. The monoisotopic (exact) mass is 1220 g/mol. The Kier molecular flexibility index (Phi) is 24.8. The number of benzene rings is 5. The van der Waals surface area contributed by atoms with E-state index in [1.165, 1.54) is 6.92 Å². The Morgan fingerprint density at radius 1 is 0.466 bits per heavy atom. The van der Waals surface area contributed by atoms with E-state index < -0.39 is 114 Å². The van der Waals surface area contributed by atoms with E-state index in [1.54, 1.807) is 79.1 Å². The Balaban J connectivity index is 1.17. The number of rotatable bonds is 33. The molecule has 9 atom stereocenters. The van der Waals surface area contributed by atoms with Crippen molar-refractivity contribution in [1.29, 1.82) is 0 Å². The van der Waals surface area contributed by atoms with Gasteiger partial charge in [0, 0.05) is 65.6 Å². The number of aromatic nitrogens is 2. The normalized spacial score (nSPS) is 14.3. The number of hydrogen-bond donors (Lipinski definition) is 15. The predicted octanol–water partition coefficient (Wildman–Crippen LogP) is 1.52. The number of hydrogen-bond acceptors (Lipinski definition) is 13. The molecule has 0 saturated heterocycles. The molecule has 88 heavy (non-hydrogen) atoms. The van der Waals surface area contributed by atoms with Crippen LogP contribution < -0.4 is 54.0 Å². The Hall–Kier alpha value is -9.36. The van der Waals surface area contributed by atoms with Gasteiger partial charge in [-0.3, -0.25) is 43.2 Å². The van der Waals surface area contributed by atoms with Gasteiger partial charge in [-0.25, -0.2) is 0 Å². The zero-order valence-corrected chi connectivity index (χ0v) is 49.5. The van der Waals surface area contributed by atoms with Crippen molar-refractivity contribution in [3.63, 3.8) is 0 Å². The molecule has 7 aromatic rings. The van der Waals surface area contributed by atoms with Crippen molar-refractivity contribution < 1.29 is 53.4 Å². The standard InChI is InChI=1S/C64H76N12O11S/c1-38(77)56(64(87)74-50(58(81)69-36-55(78)79)30-40-19-7-3-8-20-40)76-59(82)49(27-15-16-28-65)70-61(84)52(32-42-34-67-47-25-13-11-23-44(42)47)73-62(85)53(33-43-35-68-48-26-14-12-24-45(43)48)72-60(83)51(31-41-21-9-4-10-22-41)71-63(86)54(37-88)75-57(80)46(66)29-39-17-5-2-6-18-39/h2-14,17-26,34-35,38,46,49-54,56,67-68,77,88H,15-16,27-33,36-37,65-66H2,1H3,(H,69,81)(H,70,84)(H,71,86)(H,72,83)(H,73,85)(H,74,87)(H,75,80)(H,76,82)(H,78,79)/t38-,46-,49+,50+,51+,52-,53+,54+,56+/m1/s1. The minimum absolute atomic E-state index is 0.0308. The van der Waals surface area contributed by atoms with Crippen molar-refractivity contribution in [1.82, 2.24) is 52.5 Å². The summed E-state index contributed by atoms with van der Waals surface area (Å²) in [5, 5.41) is 43.0. The highest BCUT2D eigenvalue weighted by Crippen LogP contribution is 2.22. The van der Waals surface area contributed by atoms with E-state index in [2.05, 4.69) is 65.1 Å². The van der Waals surface area contributed by atoms with E-state index in [9.17, 15) is 43.8 Å². The topological polar surface area (TPSA) is 374 Å². The molecule has 0 unspecified atom stereocenters. The lowest BCUT2D eigenvalue weighted by molar-refractivity contribution is -0.139. The van der Waals surface area contributed by atoms with E-state index >= 15 is 9.59 Å². The molecule has 0 aliphatic heterocycles. The summed E-state index contributed by atoms with van der Waals surface area (Å²) in [6.45, 7) is 0.718. The van der Waals surface area contributed by atoms with Crippen molar-refractivity contribution >= 4 is 87.7 Å². The number of carboxylic acids is 1. The van der Waals surface area contributed by atoms with Crippen molar-refractivity contribution in [3.05, 3.63) is 180 Å². The van der Waals surface area contributed by atoms with Crippen molar-refractivity contribution in [2.75, 3.05) is 18.8 Å². The van der Waals surface area contributed by atoms with Crippen LogP contribution in [0.5, 0.6) is 0 Å². The Morgan fingerprint density at radius 2 is 0.852 bits per heavy atom. The van der Waals surface area contributed by atoms with Crippen LogP contribution in [0.15, 0.2) is 152 Å². The Morgan fingerprint density at radius 3 is 1.31 bits per heavy atom. The zero-order valence-electron chi connectivity index (χ0n) is 48.6.